The summed E-state index contributed by atoms with van der Waals surface area (Å²) in [5.74, 6) is 4.37. The molecule has 0 aliphatic heterocycles. The minimum Gasteiger partial charge on any atom is -0.320 e. The van der Waals surface area contributed by atoms with Gasteiger partial charge in [0.1, 0.15) is 5.82 Å². The van der Waals surface area contributed by atoms with Crippen molar-refractivity contribution >= 4 is 10.0 Å². The molecule has 0 bridgehead atoms. The van der Waals surface area contributed by atoms with Gasteiger partial charge in [-0.2, -0.15) is 0 Å². The van der Waals surface area contributed by atoms with Crippen molar-refractivity contribution in [1.82, 2.24) is 4.72 Å². The summed E-state index contributed by atoms with van der Waals surface area (Å²) in [6.07, 6.45) is 0. The first-order chi connectivity index (χ1) is 8.65. The van der Waals surface area contributed by atoms with Crippen LogP contribution in [0.5, 0.6) is 0 Å². The Kier molecular flexibility index (Phi) is 4.69. The zero-order chi connectivity index (χ0) is 14.7. The van der Waals surface area contributed by atoms with Crippen LogP contribution >= 0.6 is 0 Å². The van der Waals surface area contributed by atoms with E-state index in [-0.39, 0.29) is 17.0 Å². The van der Waals surface area contributed by atoms with Gasteiger partial charge in [0, 0.05) is 5.54 Å². The molecule has 0 aliphatic rings. The standard InChI is InChI=1S/C13H17FN2O2S/c1-13(2,3)16-19(17,18)11-7-6-10(5-4-8-15)12(14)9-11/h6-7,9,16H,8,15H2,1-3H3. The normalized spacial score (nSPS) is 11.8. The molecule has 0 atom stereocenters. The van der Waals surface area contributed by atoms with Crippen LogP contribution in [0, 0.1) is 17.7 Å². The zero-order valence-electron chi connectivity index (χ0n) is 11.1. The monoisotopic (exact) mass is 284 g/mol. The molecule has 6 heteroatoms. The highest BCUT2D eigenvalue weighted by Gasteiger charge is 2.22. The lowest BCUT2D eigenvalue weighted by Crippen LogP contribution is -2.40. The van der Waals surface area contributed by atoms with Gasteiger partial charge in [-0.05, 0) is 39.0 Å². The number of nitrogens with one attached hydrogen (secondary N) is 1. The van der Waals surface area contributed by atoms with Crippen LogP contribution in [0.15, 0.2) is 23.1 Å². The summed E-state index contributed by atoms with van der Waals surface area (Å²) >= 11 is 0. The first-order valence-electron chi connectivity index (χ1n) is 5.68. The average molecular weight is 284 g/mol. The lowest BCUT2D eigenvalue weighted by Gasteiger charge is -2.20. The first kappa shape index (κ1) is 15.6. The zero-order valence-corrected chi connectivity index (χ0v) is 11.9. The number of sulfonamides is 1. The van der Waals surface area contributed by atoms with Crippen LogP contribution in [0.2, 0.25) is 0 Å². The third-order valence-electron chi connectivity index (χ3n) is 2.02. The second-order valence-electron chi connectivity index (χ2n) is 5.00. The highest BCUT2D eigenvalue weighted by atomic mass is 32.2. The minimum atomic E-state index is -3.74. The van der Waals surface area contributed by atoms with Crippen LogP contribution in [-0.2, 0) is 10.0 Å². The SMILES string of the molecule is CC(C)(C)NS(=O)(=O)c1ccc(C#CCN)c(F)c1. The van der Waals surface area contributed by atoms with E-state index in [2.05, 4.69) is 16.6 Å². The molecule has 0 aromatic heterocycles. The van der Waals surface area contributed by atoms with Gasteiger partial charge in [0.15, 0.2) is 0 Å². The highest BCUT2D eigenvalue weighted by molar-refractivity contribution is 7.89. The fraction of sp³-hybridized carbons (Fsp3) is 0.385. The molecule has 0 amide bonds. The van der Waals surface area contributed by atoms with Crippen molar-refractivity contribution in [3.05, 3.63) is 29.6 Å². The maximum Gasteiger partial charge on any atom is 0.241 e. The van der Waals surface area contributed by atoms with Crippen molar-refractivity contribution in [3.8, 4) is 11.8 Å². The van der Waals surface area contributed by atoms with Crippen molar-refractivity contribution in [3.63, 3.8) is 0 Å². The Balaban J connectivity index is 3.14. The molecule has 19 heavy (non-hydrogen) atoms. The molecule has 0 saturated carbocycles. The second kappa shape index (κ2) is 5.70. The number of halogens is 1. The van der Waals surface area contributed by atoms with Gasteiger partial charge in [0.2, 0.25) is 10.0 Å². The summed E-state index contributed by atoms with van der Waals surface area (Å²) < 4.78 is 40.1. The van der Waals surface area contributed by atoms with Gasteiger partial charge < -0.3 is 5.73 Å². The quantitative estimate of drug-likeness (QED) is 0.802. The fourth-order valence-corrected chi connectivity index (χ4v) is 2.80. The third kappa shape index (κ3) is 4.63. The van der Waals surface area contributed by atoms with E-state index in [1.807, 2.05) is 0 Å². The third-order valence-corrected chi connectivity index (χ3v) is 3.77. The first-order valence-corrected chi connectivity index (χ1v) is 7.16. The molecule has 0 aliphatic carbocycles. The van der Waals surface area contributed by atoms with E-state index in [1.165, 1.54) is 12.1 Å². The van der Waals surface area contributed by atoms with Crippen LogP contribution in [0.3, 0.4) is 0 Å². The van der Waals surface area contributed by atoms with Gasteiger partial charge in [-0.3, -0.25) is 0 Å². The Morgan fingerprint density at radius 3 is 2.47 bits per heavy atom. The van der Waals surface area contributed by atoms with Gasteiger partial charge in [-0.25, -0.2) is 17.5 Å². The van der Waals surface area contributed by atoms with Crippen LogP contribution in [0.1, 0.15) is 26.3 Å². The van der Waals surface area contributed by atoms with Crippen molar-refractivity contribution in [2.75, 3.05) is 6.54 Å². The smallest absolute Gasteiger partial charge is 0.241 e. The van der Waals surface area contributed by atoms with Crippen molar-refractivity contribution in [2.45, 2.75) is 31.2 Å². The van der Waals surface area contributed by atoms with Gasteiger partial charge in [-0.15, -0.1) is 0 Å². The van der Waals surface area contributed by atoms with Gasteiger partial charge >= 0.3 is 0 Å². The van der Waals surface area contributed by atoms with E-state index in [0.29, 0.717) is 0 Å². The predicted octanol–water partition coefficient (Wildman–Crippen LogP) is 1.21. The highest BCUT2D eigenvalue weighted by Crippen LogP contribution is 2.16. The van der Waals surface area contributed by atoms with E-state index in [0.717, 1.165) is 6.07 Å². The number of rotatable bonds is 2. The second-order valence-corrected chi connectivity index (χ2v) is 6.69. The largest absolute Gasteiger partial charge is 0.320 e. The molecule has 0 spiro atoms. The molecular formula is C13H17FN2O2S. The van der Waals surface area contributed by atoms with E-state index >= 15 is 0 Å². The molecule has 1 aromatic rings. The summed E-state index contributed by atoms with van der Waals surface area (Å²) in [7, 11) is -3.74. The van der Waals surface area contributed by atoms with Crippen molar-refractivity contribution < 1.29 is 12.8 Å². The summed E-state index contributed by atoms with van der Waals surface area (Å²) in [5.41, 5.74) is 4.69. The van der Waals surface area contributed by atoms with Crippen LogP contribution in [0.25, 0.3) is 0 Å². The Hall–Kier alpha value is -1.42. The molecule has 0 radical (unpaired) electrons. The summed E-state index contributed by atoms with van der Waals surface area (Å²) in [5, 5.41) is 0. The maximum absolute atomic E-state index is 13.7. The van der Waals surface area contributed by atoms with Crippen LogP contribution in [-0.4, -0.2) is 20.5 Å². The number of benzene rings is 1. The molecule has 4 nitrogen and oxygen atoms in total. The number of hydrogen-bond acceptors (Lipinski definition) is 3. The van der Waals surface area contributed by atoms with E-state index < -0.39 is 21.4 Å². The topological polar surface area (TPSA) is 72.2 Å². The summed E-state index contributed by atoms with van der Waals surface area (Å²) in [6, 6.07) is 3.60. The Morgan fingerprint density at radius 1 is 1.37 bits per heavy atom. The number of nitrogens with two attached hydrogens (primary N) is 1. The lowest BCUT2D eigenvalue weighted by atomic mass is 10.1. The molecule has 104 valence electrons. The lowest BCUT2D eigenvalue weighted by molar-refractivity contribution is 0.491. The molecule has 0 heterocycles. The summed E-state index contributed by atoms with van der Waals surface area (Å²) in [6.45, 7) is 5.25. The van der Waals surface area contributed by atoms with E-state index in [1.54, 1.807) is 20.8 Å². The summed E-state index contributed by atoms with van der Waals surface area (Å²) in [4.78, 5) is -0.127. The van der Waals surface area contributed by atoms with Gasteiger partial charge in [-0.1, -0.05) is 11.8 Å². The Morgan fingerprint density at radius 2 is 2.00 bits per heavy atom. The molecule has 0 saturated heterocycles. The Bertz CT molecular complexity index is 622. The molecule has 1 rings (SSSR count). The number of hydrogen-bond donors (Lipinski definition) is 2. The van der Waals surface area contributed by atoms with E-state index in [9.17, 15) is 12.8 Å². The van der Waals surface area contributed by atoms with Crippen molar-refractivity contribution in [2.24, 2.45) is 5.73 Å². The predicted molar refractivity (Wildman–Crippen MR) is 72.4 cm³/mol. The minimum absolute atomic E-state index is 0.116. The maximum atomic E-state index is 13.7. The van der Waals surface area contributed by atoms with Gasteiger partial charge in [0.05, 0.1) is 17.0 Å². The Labute approximate surface area is 113 Å². The van der Waals surface area contributed by atoms with Gasteiger partial charge in [0.25, 0.3) is 0 Å². The molecule has 1 aromatic carbocycles. The van der Waals surface area contributed by atoms with E-state index in [4.69, 9.17) is 5.73 Å². The molecule has 3 N–H and O–H groups in total. The van der Waals surface area contributed by atoms with Crippen LogP contribution in [0.4, 0.5) is 4.39 Å². The molecule has 0 unspecified atom stereocenters. The molecular weight excluding hydrogens is 267 g/mol. The van der Waals surface area contributed by atoms with Crippen molar-refractivity contribution in [1.29, 1.82) is 0 Å². The average Bonchev–Trinajstić information content (AvgIpc) is 2.24. The fourth-order valence-electron chi connectivity index (χ4n) is 1.37. The molecule has 0 fully saturated rings. The van der Waals surface area contributed by atoms with Crippen LogP contribution < -0.4 is 10.5 Å².